The molecule has 0 unspecified atom stereocenters. The lowest BCUT2D eigenvalue weighted by Crippen LogP contribution is -2.15. The van der Waals surface area contributed by atoms with Crippen LogP contribution in [0.4, 0.5) is 14.6 Å². The molecule has 0 saturated carbocycles. The van der Waals surface area contributed by atoms with Crippen LogP contribution in [0.2, 0.25) is 0 Å². The monoisotopic (exact) mass is 370 g/mol. The first-order valence-corrected chi connectivity index (χ1v) is 8.63. The Hall–Kier alpha value is -3.09. The van der Waals surface area contributed by atoms with Crippen LogP contribution in [0.25, 0.3) is 0 Å². The predicted molar refractivity (Wildman–Crippen MR) is 98.3 cm³/mol. The van der Waals surface area contributed by atoms with E-state index in [1.165, 1.54) is 22.6 Å². The van der Waals surface area contributed by atoms with Crippen molar-refractivity contribution in [1.82, 2.24) is 15.0 Å². The number of nitrogens with zero attached hydrogens (tertiary/aromatic N) is 3. The lowest BCUT2D eigenvalue weighted by Gasteiger charge is -2.06. The second kappa shape index (κ2) is 8.07. The average molecular weight is 370 g/mol. The van der Waals surface area contributed by atoms with Crippen molar-refractivity contribution < 1.29 is 13.6 Å². The number of aromatic nitrogens is 3. The quantitative estimate of drug-likeness (QED) is 0.716. The zero-order valence-electron chi connectivity index (χ0n) is 15.1. The first-order chi connectivity index (χ1) is 12.9. The van der Waals surface area contributed by atoms with Gasteiger partial charge in [-0.15, -0.1) is 5.10 Å². The Bertz CT molecular complexity index is 935. The number of hydrogen-bond acceptors (Lipinski definition) is 3. The van der Waals surface area contributed by atoms with Gasteiger partial charge in [0, 0.05) is 0 Å². The van der Waals surface area contributed by atoms with Crippen LogP contribution < -0.4 is 5.32 Å². The van der Waals surface area contributed by atoms with Crippen LogP contribution in [0.3, 0.4) is 0 Å². The maximum absolute atomic E-state index is 13.3. The van der Waals surface area contributed by atoms with Gasteiger partial charge in [0.25, 0.3) is 0 Å². The topological polar surface area (TPSA) is 59.8 Å². The maximum Gasteiger partial charge on any atom is 0.230 e. The Balaban J connectivity index is 1.58. The van der Waals surface area contributed by atoms with Gasteiger partial charge >= 0.3 is 0 Å². The van der Waals surface area contributed by atoms with E-state index in [9.17, 15) is 13.6 Å². The molecule has 0 bridgehead atoms. The third-order valence-corrected chi connectivity index (χ3v) is 4.12. The van der Waals surface area contributed by atoms with E-state index in [1.54, 1.807) is 0 Å². The molecule has 1 N–H and O–H groups in total. The number of nitrogens with one attached hydrogen (secondary N) is 1. The number of carbonyl (C=O) groups excluding carboxylic acids is 1. The SMILES string of the molecule is CC(C)c1ccc(CC(=O)Nc2cnn(Cc3ccc(F)c(F)c3)n2)cc1. The summed E-state index contributed by atoms with van der Waals surface area (Å²) in [5, 5.41) is 10.9. The van der Waals surface area contributed by atoms with Gasteiger partial charge in [-0.1, -0.05) is 44.2 Å². The summed E-state index contributed by atoms with van der Waals surface area (Å²) in [6.07, 6.45) is 1.65. The highest BCUT2D eigenvalue weighted by atomic mass is 19.2. The molecule has 0 fully saturated rings. The normalized spacial score (nSPS) is 11.0. The Morgan fingerprint density at radius 2 is 1.78 bits per heavy atom. The molecule has 0 radical (unpaired) electrons. The van der Waals surface area contributed by atoms with Crippen molar-refractivity contribution >= 4 is 11.7 Å². The van der Waals surface area contributed by atoms with Gasteiger partial charge in [0.15, 0.2) is 17.5 Å². The molecule has 0 aliphatic heterocycles. The Morgan fingerprint density at radius 3 is 2.44 bits per heavy atom. The van der Waals surface area contributed by atoms with Crippen LogP contribution >= 0.6 is 0 Å². The largest absolute Gasteiger partial charge is 0.308 e. The number of carbonyl (C=O) groups is 1. The Labute approximate surface area is 156 Å². The van der Waals surface area contributed by atoms with E-state index in [0.29, 0.717) is 17.3 Å². The molecule has 3 aromatic rings. The first kappa shape index (κ1) is 18.7. The highest BCUT2D eigenvalue weighted by Crippen LogP contribution is 2.15. The third-order valence-electron chi connectivity index (χ3n) is 4.12. The minimum absolute atomic E-state index is 0.170. The molecule has 1 amide bonds. The molecule has 140 valence electrons. The van der Waals surface area contributed by atoms with Crippen molar-refractivity contribution in [2.45, 2.75) is 32.7 Å². The molecule has 1 heterocycles. The summed E-state index contributed by atoms with van der Waals surface area (Å²) < 4.78 is 26.2. The zero-order chi connectivity index (χ0) is 19.4. The Morgan fingerprint density at radius 1 is 1.07 bits per heavy atom. The van der Waals surface area contributed by atoms with Crippen LogP contribution in [0.15, 0.2) is 48.7 Å². The number of rotatable bonds is 6. The predicted octanol–water partition coefficient (Wildman–Crippen LogP) is 3.91. The van der Waals surface area contributed by atoms with Crippen LogP contribution in [0.1, 0.15) is 36.5 Å². The molecular formula is C20H20F2N4O. The summed E-state index contributed by atoms with van der Waals surface area (Å²) in [5.41, 5.74) is 2.65. The van der Waals surface area contributed by atoms with Crippen LogP contribution in [-0.2, 0) is 17.8 Å². The zero-order valence-corrected chi connectivity index (χ0v) is 15.1. The van der Waals surface area contributed by atoms with Gasteiger partial charge in [-0.25, -0.2) is 8.78 Å². The molecule has 0 saturated heterocycles. The summed E-state index contributed by atoms with van der Waals surface area (Å²) >= 11 is 0. The lowest BCUT2D eigenvalue weighted by molar-refractivity contribution is -0.115. The van der Waals surface area contributed by atoms with Gasteiger partial charge in [-0.2, -0.15) is 9.90 Å². The lowest BCUT2D eigenvalue weighted by atomic mass is 10.0. The standard InChI is InChI=1S/C20H20F2N4O/c1-13(2)16-6-3-14(4-7-16)10-20(27)24-19-11-23-26(25-19)12-15-5-8-17(21)18(22)9-15/h3-9,11,13H,10,12H2,1-2H3,(H,24,25,27). The fraction of sp³-hybridized carbons (Fsp3) is 0.250. The van der Waals surface area contributed by atoms with E-state index >= 15 is 0 Å². The number of amides is 1. The van der Waals surface area contributed by atoms with Gasteiger partial charge in [-0.3, -0.25) is 4.79 Å². The molecule has 0 aliphatic rings. The molecule has 1 aromatic heterocycles. The second-order valence-electron chi connectivity index (χ2n) is 6.63. The number of benzene rings is 2. The summed E-state index contributed by atoms with van der Waals surface area (Å²) in [6, 6.07) is 11.5. The molecule has 5 nitrogen and oxygen atoms in total. The minimum atomic E-state index is -0.920. The van der Waals surface area contributed by atoms with Crippen LogP contribution in [-0.4, -0.2) is 20.9 Å². The van der Waals surface area contributed by atoms with E-state index in [2.05, 4.69) is 29.4 Å². The fourth-order valence-corrected chi connectivity index (χ4v) is 2.62. The molecule has 0 spiro atoms. The van der Waals surface area contributed by atoms with Gasteiger partial charge in [-0.05, 0) is 34.7 Å². The Kier molecular flexibility index (Phi) is 5.59. The molecule has 27 heavy (non-hydrogen) atoms. The van der Waals surface area contributed by atoms with Crippen molar-refractivity contribution in [3.8, 4) is 0 Å². The van der Waals surface area contributed by atoms with E-state index in [4.69, 9.17) is 0 Å². The molecule has 2 aromatic carbocycles. The summed E-state index contributed by atoms with van der Waals surface area (Å²) in [5.74, 6) is -1.27. The first-order valence-electron chi connectivity index (χ1n) is 8.63. The molecule has 7 heteroatoms. The smallest absolute Gasteiger partial charge is 0.230 e. The van der Waals surface area contributed by atoms with Crippen molar-refractivity contribution in [2.24, 2.45) is 0 Å². The molecule has 3 rings (SSSR count). The van der Waals surface area contributed by atoms with Crippen LogP contribution in [0, 0.1) is 11.6 Å². The van der Waals surface area contributed by atoms with Crippen molar-refractivity contribution in [3.05, 3.63) is 77.0 Å². The van der Waals surface area contributed by atoms with E-state index < -0.39 is 11.6 Å². The van der Waals surface area contributed by atoms with Gasteiger partial charge in [0.05, 0.1) is 19.2 Å². The van der Waals surface area contributed by atoms with E-state index in [-0.39, 0.29) is 18.9 Å². The van der Waals surface area contributed by atoms with Gasteiger partial charge < -0.3 is 5.32 Å². The van der Waals surface area contributed by atoms with Crippen molar-refractivity contribution in [1.29, 1.82) is 0 Å². The highest BCUT2D eigenvalue weighted by Gasteiger charge is 2.09. The summed E-state index contributed by atoms with van der Waals surface area (Å²) in [4.78, 5) is 13.5. The highest BCUT2D eigenvalue weighted by molar-refractivity contribution is 5.91. The van der Waals surface area contributed by atoms with Gasteiger partial charge in [0.1, 0.15) is 0 Å². The molecule has 0 atom stereocenters. The van der Waals surface area contributed by atoms with Crippen molar-refractivity contribution in [3.63, 3.8) is 0 Å². The molecular weight excluding hydrogens is 350 g/mol. The average Bonchev–Trinajstić information content (AvgIpc) is 3.05. The van der Waals surface area contributed by atoms with E-state index in [0.717, 1.165) is 17.7 Å². The number of hydrogen-bond donors (Lipinski definition) is 1. The van der Waals surface area contributed by atoms with Gasteiger partial charge in [0.2, 0.25) is 5.91 Å². The summed E-state index contributed by atoms with van der Waals surface area (Å²) in [6.45, 7) is 4.40. The maximum atomic E-state index is 13.3. The molecule has 0 aliphatic carbocycles. The number of halogens is 2. The van der Waals surface area contributed by atoms with E-state index in [1.807, 2.05) is 24.3 Å². The van der Waals surface area contributed by atoms with Crippen LogP contribution in [0.5, 0.6) is 0 Å². The minimum Gasteiger partial charge on any atom is -0.308 e. The third kappa shape index (κ3) is 4.97. The van der Waals surface area contributed by atoms with Crippen molar-refractivity contribution in [2.75, 3.05) is 5.32 Å². The summed E-state index contributed by atoms with van der Waals surface area (Å²) in [7, 11) is 0. The number of anilines is 1. The second-order valence-corrected chi connectivity index (χ2v) is 6.63. The fourth-order valence-electron chi connectivity index (χ4n) is 2.62.